The van der Waals surface area contributed by atoms with Gasteiger partial charge in [0, 0.05) is 25.2 Å². The summed E-state index contributed by atoms with van der Waals surface area (Å²) in [5.74, 6) is 0.350. The minimum atomic E-state index is -1.82. The second-order valence-corrected chi connectivity index (χ2v) is 26.5. The number of Topliss-reactive ketones (excluding diaryl/α,β-unsaturated/α-hetero) is 1. The summed E-state index contributed by atoms with van der Waals surface area (Å²) in [6.45, 7) is 32.9. The lowest BCUT2D eigenvalue weighted by atomic mass is 9.72. The third kappa shape index (κ3) is 11.7. The molecule has 0 unspecified atom stereocenters. The van der Waals surface area contributed by atoms with Crippen molar-refractivity contribution in [3.05, 3.63) is 47.1 Å². The number of ketones is 1. The van der Waals surface area contributed by atoms with Crippen molar-refractivity contribution < 1.29 is 13.6 Å². The van der Waals surface area contributed by atoms with Gasteiger partial charge in [0.25, 0.3) is 0 Å². The Hall–Kier alpha value is -1.48. The summed E-state index contributed by atoms with van der Waals surface area (Å²) >= 11 is 0. The van der Waals surface area contributed by atoms with Gasteiger partial charge in [-0.2, -0.15) is 0 Å². The van der Waals surface area contributed by atoms with Crippen molar-refractivity contribution in [1.29, 1.82) is 0 Å². The van der Waals surface area contributed by atoms with Gasteiger partial charge in [-0.25, -0.2) is 0 Å². The number of benzene rings is 1. The van der Waals surface area contributed by atoms with Crippen LogP contribution in [-0.2, 0) is 13.6 Å². The van der Waals surface area contributed by atoms with Gasteiger partial charge in [-0.05, 0) is 89.8 Å². The molecule has 1 aliphatic carbocycles. The van der Waals surface area contributed by atoms with Gasteiger partial charge in [-0.1, -0.05) is 106 Å². The Bertz CT molecular complexity index is 1090. The lowest BCUT2D eigenvalue weighted by Gasteiger charge is -2.38. The standard InChI is InChI=1S/C38H67NO3Si2/c1-14-15-16-17-18-34-32(29-38(8,9)30-35(34)40)22-19-31-20-23-33(24-21-31)39(25-27-41-43(10,11)36(2,3)4)26-28-42-44(12,13)37(5,6)7/h19-24H,14-18,25-30H2,1-13H3. The molecule has 44 heavy (non-hydrogen) atoms. The van der Waals surface area contributed by atoms with Gasteiger partial charge >= 0.3 is 0 Å². The van der Waals surface area contributed by atoms with Crippen molar-refractivity contribution in [2.75, 3.05) is 31.2 Å². The van der Waals surface area contributed by atoms with Crippen LogP contribution in [0.5, 0.6) is 0 Å². The van der Waals surface area contributed by atoms with E-state index in [0.717, 1.165) is 56.7 Å². The fraction of sp³-hybridized carbons (Fsp3) is 0.711. The SMILES string of the molecule is CCCCCCC1=C(C=Cc2ccc(N(CCO[Si](C)(C)C(C)(C)C)CCO[Si](C)(C)C(C)(C)C)cc2)CC(C)(C)CC1=O. The molecule has 6 heteroatoms. The number of unbranched alkanes of at least 4 members (excludes halogenated alkanes) is 3. The molecule has 1 aliphatic rings. The third-order valence-electron chi connectivity index (χ3n) is 10.3. The molecule has 0 fully saturated rings. The van der Waals surface area contributed by atoms with Gasteiger partial charge in [-0.3, -0.25) is 4.79 Å². The summed E-state index contributed by atoms with van der Waals surface area (Å²) in [5.41, 5.74) is 4.69. The van der Waals surface area contributed by atoms with Crippen molar-refractivity contribution in [3.63, 3.8) is 0 Å². The van der Waals surface area contributed by atoms with Crippen LogP contribution in [0.25, 0.3) is 6.08 Å². The zero-order valence-corrected chi connectivity index (χ0v) is 32.9. The van der Waals surface area contributed by atoms with E-state index in [0.29, 0.717) is 12.2 Å². The van der Waals surface area contributed by atoms with Crippen LogP contribution in [-0.4, -0.2) is 48.7 Å². The highest BCUT2D eigenvalue weighted by Gasteiger charge is 2.38. The zero-order chi connectivity index (χ0) is 33.4. The number of nitrogens with zero attached hydrogens (tertiary/aromatic N) is 1. The maximum Gasteiger partial charge on any atom is 0.192 e. The summed E-state index contributed by atoms with van der Waals surface area (Å²) in [4.78, 5) is 15.5. The maximum absolute atomic E-state index is 13.1. The first kappa shape index (κ1) is 38.7. The molecule has 0 aliphatic heterocycles. The number of anilines is 1. The third-order valence-corrected chi connectivity index (χ3v) is 19.4. The van der Waals surface area contributed by atoms with Crippen LogP contribution in [0.15, 0.2) is 41.5 Å². The van der Waals surface area contributed by atoms with E-state index in [4.69, 9.17) is 8.85 Å². The number of rotatable bonds is 16. The first-order chi connectivity index (χ1) is 20.2. The van der Waals surface area contributed by atoms with Crippen molar-refractivity contribution in [3.8, 4) is 0 Å². The molecule has 0 heterocycles. The Kier molecular flexibility index (Phi) is 14.0. The van der Waals surface area contributed by atoms with Crippen molar-refractivity contribution in [2.45, 2.75) is 144 Å². The first-order valence-corrected chi connectivity index (χ1v) is 23.1. The Morgan fingerprint density at radius 3 is 1.80 bits per heavy atom. The molecule has 0 amide bonds. The molecule has 0 radical (unpaired) electrons. The summed E-state index contributed by atoms with van der Waals surface area (Å²) in [6.07, 6.45) is 11.7. The van der Waals surface area contributed by atoms with Gasteiger partial charge in [-0.15, -0.1) is 0 Å². The van der Waals surface area contributed by atoms with Crippen molar-refractivity contribution in [2.24, 2.45) is 5.41 Å². The molecular formula is C38H67NO3Si2. The van der Waals surface area contributed by atoms with E-state index in [1.165, 1.54) is 30.5 Å². The van der Waals surface area contributed by atoms with E-state index in [1.54, 1.807) is 0 Å². The minimum absolute atomic E-state index is 0.0208. The van der Waals surface area contributed by atoms with Crippen molar-refractivity contribution >= 4 is 34.2 Å². The molecule has 0 saturated heterocycles. The fourth-order valence-corrected chi connectivity index (χ4v) is 7.28. The molecule has 0 aromatic heterocycles. The topological polar surface area (TPSA) is 38.8 Å². The van der Waals surface area contributed by atoms with Crippen LogP contribution in [0, 0.1) is 5.41 Å². The van der Waals surface area contributed by atoms with E-state index in [-0.39, 0.29) is 15.5 Å². The Morgan fingerprint density at radius 1 is 0.795 bits per heavy atom. The molecule has 0 atom stereocenters. The second kappa shape index (κ2) is 15.9. The highest BCUT2D eigenvalue weighted by molar-refractivity contribution is 6.74. The Labute approximate surface area is 274 Å². The molecule has 0 saturated carbocycles. The predicted molar refractivity (Wildman–Crippen MR) is 198 cm³/mol. The highest BCUT2D eigenvalue weighted by Crippen LogP contribution is 2.40. The second-order valence-electron chi connectivity index (χ2n) is 16.9. The molecule has 4 nitrogen and oxygen atoms in total. The predicted octanol–water partition coefficient (Wildman–Crippen LogP) is 11.2. The van der Waals surface area contributed by atoms with Crippen molar-refractivity contribution in [1.82, 2.24) is 0 Å². The van der Waals surface area contributed by atoms with Crippen LogP contribution in [0.3, 0.4) is 0 Å². The van der Waals surface area contributed by atoms with Gasteiger partial charge in [0.2, 0.25) is 0 Å². The van der Waals surface area contributed by atoms with Crippen LogP contribution in [0.4, 0.5) is 5.69 Å². The molecule has 0 spiro atoms. The monoisotopic (exact) mass is 641 g/mol. The van der Waals surface area contributed by atoms with Gasteiger partial charge in [0.1, 0.15) is 0 Å². The average molecular weight is 642 g/mol. The zero-order valence-electron chi connectivity index (χ0n) is 30.9. The minimum Gasteiger partial charge on any atom is -0.415 e. The smallest absolute Gasteiger partial charge is 0.192 e. The van der Waals surface area contributed by atoms with E-state index in [1.807, 2.05) is 0 Å². The van der Waals surface area contributed by atoms with Gasteiger partial charge < -0.3 is 13.8 Å². The number of carbonyl (C=O) groups is 1. The van der Waals surface area contributed by atoms with Gasteiger partial charge in [0.15, 0.2) is 22.4 Å². The van der Waals surface area contributed by atoms with Crippen LogP contribution in [0.1, 0.15) is 113 Å². The Balaban J connectivity index is 2.23. The molecule has 2 rings (SSSR count). The van der Waals surface area contributed by atoms with E-state index in [9.17, 15) is 4.79 Å². The lowest BCUT2D eigenvalue weighted by Crippen LogP contribution is -2.44. The molecular weight excluding hydrogens is 575 g/mol. The molecule has 250 valence electrons. The van der Waals surface area contributed by atoms with E-state index >= 15 is 0 Å². The van der Waals surface area contributed by atoms with Crippen LogP contribution >= 0.6 is 0 Å². The number of allylic oxidation sites excluding steroid dienone is 3. The lowest BCUT2D eigenvalue weighted by molar-refractivity contribution is -0.118. The molecule has 1 aromatic rings. The summed E-state index contributed by atoms with van der Waals surface area (Å²) in [5, 5.41) is 0.389. The quantitative estimate of drug-likeness (QED) is 0.133. The van der Waals surface area contributed by atoms with E-state index in [2.05, 4.69) is 130 Å². The fourth-order valence-electron chi connectivity index (χ4n) is 5.21. The maximum atomic E-state index is 13.1. The average Bonchev–Trinajstić information content (AvgIpc) is 2.88. The Morgan fingerprint density at radius 2 is 1.32 bits per heavy atom. The number of hydrogen-bond acceptors (Lipinski definition) is 4. The molecule has 0 bridgehead atoms. The summed E-state index contributed by atoms with van der Waals surface area (Å²) in [6, 6.07) is 8.88. The molecule has 1 aromatic carbocycles. The number of hydrogen-bond donors (Lipinski definition) is 0. The van der Waals surface area contributed by atoms with Crippen LogP contribution in [0.2, 0.25) is 36.3 Å². The number of carbonyl (C=O) groups excluding carboxylic acids is 1. The summed E-state index contributed by atoms with van der Waals surface area (Å²) < 4.78 is 13.2. The van der Waals surface area contributed by atoms with Gasteiger partial charge in [0.05, 0.1) is 13.2 Å². The molecule has 0 N–H and O–H groups in total. The normalized spacial score (nSPS) is 16.7. The first-order valence-electron chi connectivity index (χ1n) is 17.3. The summed E-state index contributed by atoms with van der Waals surface area (Å²) in [7, 11) is -3.64. The van der Waals surface area contributed by atoms with Crippen LogP contribution < -0.4 is 4.90 Å². The van der Waals surface area contributed by atoms with E-state index < -0.39 is 16.6 Å². The highest BCUT2D eigenvalue weighted by atomic mass is 28.4. The largest absolute Gasteiger partial charge is 0.415 e.